The maximum atomic E-state index is 12.7. The van der Waals surface area contributed by atoms with Gasteiger partial charge in [0.05, 0.1) is 12.5 Å². The third-order valence-corrected chi connectivity index (χ3v) is 4.91. The summed E-state index contributed by atoms with van der Waals surface area (Å²) in [5.74, 6) is 0.109. The van der Waals surface area contributed by atoms with Crippen molar-refractivity contribution in [3.63, 3.8) is 0 Å². The lowest BCUT2D eigenvalue weighted by Crippen LogP contribution is -2.47. The van der Waals surface area contributed by atoms with Crippen molar-refractivity contribution in [2.45, 2.75) is 52.9 Å². The van der Waals surface area contributed by atoms with Crippen LogP contribution in [0.4, 0.5) is 0 Å². The summed E-state index contributed by atoms with van der Waals surface area (Å²) < 4.78 is 5.10. The predicted octanol–water partition coefficient (Wildman–Crippen LogP) is 2.61. The number of hydrogen-bond acceptors (Lipinski definition) is 3. The topological polar surface area (TPSA) is 46.6 Å². The van der Waals surface area contributed by atoms with Gasteiger partial charge in [0.2, 0.25) is 5.91 Å². The van der Waals surface area contributed by atoms with Crippen LogP contribution in [0, 0.1) is 17.3 Å². The van der Waals surface area contributed by atoms with Crippen LogP contribution in [0.1, 0.15) is 52.9 Å². The summed E-state index contributed by atoms with van der Waals surface area (Å²) >= 11 is 0. The first-order valence-corrected chi connectivity index (χ1v) is 7.91. The van der Waals surface area contributed by atoms with Gasteiger partial charge < -0.3 is 9.64 Å². The summed E-state index contributed by atoms with van der Waals surface area (Å²) in [5, 5.41) is 0. The highest BCUT2D eigenvalue weighted by Crippen LogP contribution is 2.43. The second-order valence-corrected chi connectivity index (χ2v) is 6.81. The van der Waals surface area contributed by atoms with Crippen molar-refractivity contribution in [3.05, 3.63) is 0 Å². The largest absolute Gasteiger partial charge is 0.466 e. The van der Waals surface area contributed by atoms with Crippen LogP contribution in [0.3, 0.4) is 0 Å². The Balaban J connectivity index is 1.98. The number of amides is 1. The monoisotopic (exact) mass is 281 g/mol. The molecule has 0 radical (unpaired) electrons. The van der Waals surface area contributed by atoms with Crippen molar-refractivity contribution in [1.29, 1.82) is 0 Å². The third kappa shape index (κ3) is 3.15. The van der Waals surface area contributed by atoms with Crippen LogP contribution in [-0.2, 0) is 14.3 Å². The molecule has 2 fully saturated rings. The number of rotatable bonds is 3. The third-order valence-electron chi connectivity index (χ3n) is 4.91. The Kier molecular flexibility index (Phi) is 4.71. The van der Waals surface area contributed by atoms with Gasteiger partial charge in [-0.1, -0.05) is 20.3 Å². The zero-order valence-electron chi connectivity index (χ0n) is 13.0. The zero-order valence-corrected chi connectivity index (χ0v) is 13.0. The second kappa shape index (κ2) is 6.15. The van der Waals surface area contributed by atoms with Crippen LogP contribution < -0.4 is 0 Å². The lowest BCUT2D eigenvalue weighted by atomic mass is 9.80. The lowest BCUT2D eigenvalue weighted by Gasteiger charge is -2.36. The van der Waals surface area contributed by atoms with E-state index in [1.807, 2.05) is 11.8 Å². The van der Waals surface area contributed by atoms with Crippen molar-refractivity contribution >= 4 is 11.9 Å². The van der Waals surface area contributed by atoms with Crippen LogP contribution in [-0.4, -0.2) is 36.5 Å². The molecule has 0 aromatic carbocycles. The van der Waals surface area contributed by atoms with Gasteiger partial charge in [-0.2, -0.15) is 0 Å². The van der Waals surface area contributed by atoms with E-state index in [0.29, 0.717) is 13.2 Å². The molecule has 4 heteroatoms. The molecular formula is C16H27NO3. The molecule has 20 heavy (non-hydrogen) atoms. The zero-order chi connectivity index (χ0) is 14.8. The van der Waals surface area contributed by atoms with Crippen molar-refractivity contribution in [2.75, 3.05) is 19.7 Å². The normalized spacial score (nSPS) is 29.2. The van der Waals surface area contributed by atoms with Crippen molar-refractivity contribution in [2.24, 2.45) is 17.3 Å². The molecule has 1 saturated heterocycles. The van der Waals surface area contributed by atoms with Crippen LogP contribution in [0.15, 0.2) is 0 Å². The van der Waals surface area contributed by atoms with Crippen molar-refractivity contribution < 1.29 is 14.3 Å². The number of ether oxygens (including phenoxy) is 1. The molecule has 1 heterocycles. The lowest BCUT2D eigenvalue weighted by molar-refractivity contribution is -0.152. The molecule has 0 aromatic heterocycles. The van der Waals surface area contributed by atoms with Gasteiger partial charge in [-0.05, 0) is 38.0 Å². The number of carbonyl (C=O) groups excluding carboxylic acids is 2. The summed E-state index contributed by atoms with van der Waals surface area (Å²) in [6.45, 7) is 7.96. The molecular weight excluding hydrogens is 254 g/mol. The Hall–Kier alpha value is -1.06. The quantitative estimate of drug-likeness (QED) is 0.747. The fourth-order valence-electron chi connectivity index (χ4n) is 3.63. The minimum absolute atomic E-state index is 0.105. The first-order chi connectivity index (χ1) is 9.45. The SMILES string of the molecule is CCOC(=O)[C@@H]1CCCN(C(=O)C2CCCC2(C)C)C1. The van der Waals surface area contributed by atoms with Gasteiger partial charge in [0.1, 0.15) is 0 Å². The molecule has 2 rings (SSSR count). The Morgan fingerprint density at radius 3 is 2.60 bits per heavy atom. The van der Waals surface area contributed by atoms with Gasteiger partial charge in [-0.25, -0.2) is 0 Å². The molecule has 0 bridgehead atoms. The Morgan fingerprint density at radius 2 is 2.00 bits per heavy atom. The standard InChI is InChI=1S/C16H27NO3/c1-4-20-15(19)12-7-6-10-17(11-12)14(18)13-8-5-9-16(13,2)3/h12-13H,4-11H2,1-3H3/t12-,13?/m1/s1. The molecule has 0 spiro atoms. The van der Waals surface area contributed by atoms with Gasteiger partial charge in [0.15, 0.2) is 0 Å². The molecule has 2 atom stereocenters. The van der Waals surface area contributed by atoms with Gasteiger partial charge in [0, 0.05) is 19.0 Å². The summed E-state index contributed by atoms with van der Waals surface area (Å²) in [6, 6.07) is 0. The maximum Gasteiger partial charge on any atom is 0.310 e. The first-order valence-electron chi connectivity index (χ1n) is 7.91. The van der Waals surface area contributed by atoms with Crippen LogP contribution in [0.2, 0.25) is 0 Å². The van der Waals surface area contributed by atoms with E-state index < -0.39 is 0 Å². The average molecular weight is 281 g/mol. The summed E-state index contributed by atoms with van der Waals surface area (Å²) in [7, 11) is 0. The first kappa shape index (κ1) is 15.3. The van der Waals surface area contributed by atoms with E-state index in [0.717, 1.165) is 38.6 Å². The predicted molar refractivity (Wildman–Crippen MR) is 77.1 cm³/mol. The van der Waals surface area contributed by atoms with Crippen molar-refractivity contribution in [1.82, 2.24) is 4.90 Å². The van der Waals surface area contributed by atoms with Gasteiger partial charge in [-0.15, -0.1) is 0 Å². The molecule has 1 aliphatic carbocycles. The van der Waals surface area contributed by atoms with Gasteiger partial charge in [0.25, 0.3) is 0 Å². The van der Waals surface area contributed by atoms with E-state index in [1.165, 1.54) is 0 Å². The van der Waals surface area contributed by atoms with Crippen LogP contribution in [0.25, 0.3) is 0 Å². The van der Waals surface area contributed by atoms with E-state index in [1.54, 1.807) is 0 Å². The average Bonchev–Trinajstić information content (AvgIpc) is 2.78. The van der Waals surface area contributed by atoms with E-state index >= 15 is 0 Å². The van der Waals surface area contributed by atoms with Crippen LogP contribution in [0.5, 0.6) is 0 Å². The molecule has 1 saturated carbocycles. The minimum Gasteiger partial charge on any atom is -0.466 e. The summed E-state index contributed by atoms with van der Waals surface area (Å²) in [4.78, 5) is 26.5. The number of carbonyl (C=O) groups is 2. The molecule has 2 aliphatic rings. The summed E-state index contributed by atoms with van der Waals surface area (Å²) in [5.41, 5.74) is 0.105. The number of likely N-dealkylation sites (tertiary alicyclic amines) is 1. The molecule has 1 amide bonds. The van der Waals surface area contributed by atoms with E-state index in [4.69, 9.17) is 4.74 Å². The van der Waals surface area contributed by atoms with Crippen molar-refractivity contribution in [3.8, 4) is 0 Å². The Bertz CT molecular complexity index is 378. The molecule has 0 aromatic rings. The maximum absolute atomic E-state index is 12.7. The summed E-state index contributed by atoms with van der Waals surface area (Å²) in [6.07, 6.45) is 5.00. The molecule has 1 unspecified atom stereocenters. The fraction of sp³-hybridized carbons (Fsp3) is 0.875. The number of esters is 1. The second-order valence-electron chi connectivity index (χ2n) is 6.81. The van der Waals surface area contributed by atoms with E-state index in [-0.39, 0.29) is 29.1 Å². The fourth-order valence-corrected chi connectivity index (χ4v) is 3.63. The highest BCUT2D eigenvalue weighted by molar-refractivity contribution is 5.81. The number of hydrogen-bond donors (Lipinski definition) is 0. The van der Waals surface area contributed by atoms with Gasteiger partial charge >= 0.3 is 5.97 Å². The molecule has 0 N–H and O–H groups in total. The molecule has 1 aliphatic heterocycles. The van der Waals surface area contributed by atoms with E-state index in [2.05, 4.69) is 13.8 Å². The minimum atomic E-state index is -0.143. The number of nitrogens with zero attached hydrogens (tertiary/aromatic N) is 1. The number of piperidine rings is 1. The van der Waals surface area contributed by atoms with Gasteiger partial charge in [-0.3, -0.25) is 9.59 Å². The van der Waals surface area contributed by atoms with E-state index in [9.17, 15) is 9.59 Å². The Labute approximate surface area is 121 Å². The molecule has 4 nitrogen and oxygen atoms in total. The highest BCUT2D eigenvalue weighted by Gasteiger charge is 2.42. The highest BCUT2D eigenvalue weighted by atomic mass is 16.5. The van der Waals surface area contributed by atoms with Crippen LogP contribution >= 0.6 is 0 Å². The molecule has 114 valence electrons. The smallest absolute Gasteiger partial charge is 0.310 e. The Morgan fingerprint density at radius 1 is 1.25 bits per heavy atom.